The third-order valence-electron chi connectivity index (χ3n) is 3.52. The molecule has 25 heavy (non-hydrogen) atoms. The second-order valence-electron chi connectivity index (χ2n) is 5.42. The van der Waals surface area contributed by atoms with Crippen molar-refractivity contribution in [3.05, 3.63) is 42.5 Å². The Morgan fingerprint density at radius 1 is 1.28 bits per heavy atom. The molecule has 1 aromatic carbocycles. The molecule has 0 fully saturated rings. The Bertz CT molecular complexity index is 631. The third-order valence-corrected chi connectivity index (χ3v) is 3.52. The lowest BCUT2D eigenvalue weighted by Crippen LogP contribution is -2.42. The Kier molecular flexibility index (Phi) is 9.90. The van der Waals surface area contributed by atoms with E-state index in [1.54, 1.807) is 13.4 Å². The van der Waals surface area contributed by atoms with Gasteiger partial charge < -0.3 is 19.9 Å². The van der Waals surface area contributed by atoms with Crippen LogP contribution in [0.1, 0.15) is 19.7 Å². The second kappa shape index (κ2) is 11.7. The summed E-state index contributed by atoms with van der Waals surface area (Å²) in [5.74, 6) is 2.61. The number of para-hydroxylation sites is 1. The molecule has 0 amide bonds. The van der Waals surface area contributed by atoms with Crippen LogP contribution in [0.25, 0.3) is 0 Å². The zero-order valence-corrected chi connectivity index (χ0v) is 17.3. The summed E-state index contributed by atoms with van der Waals surface area (Å²) in [6.45, 7) is 6.31. The third kappa shape index (κ3) is 7.29. The highest BCUT2D eigenvalue weighted by atomic mass is 127. The Balaban J connectivity index is 0.00000312. The molecule has 2 N–H and O–H groups in total. The molecule has 1 atom stereocenters. The molecule has 8 heteroatoms. The van der Waals surface area contributed by atoms with Crippen molar-refractivity contribution in [1.29, 1.82) is 0 Å². The number of hydrogen-bond acceptors (Lipinski definition) is 4. The van der Waals surface area contributed by atoms with Crippen molar-refractivity contribution < 1.29 is 4.74 Å². The smallest absolute Gasteiger partial charge is 0.191 e. The van der Waals surface area contributed by atoms with Crippen molar-refractivity contribution in [3.8, 4) is 5.75 Å². The molecule has 0 spiro atoms. The van der Waals surface area contributed by atoms with Crippen LogP contribution >= 0.6 is 24.0 Å². The van der Waals surface area contributed by atoms with Gasteiger partial charge in [-0.2, -0.15) is 0 Å². The monoisotopic (exact) mass is 458 g/mol. The number of aryl methyl sites for hydroxylation is 1. The number of halogens is 1. The molecule has 1 aromatic heterocycles. The summed E-state index contributed by atoms with van der Waals surface area (Å²) in [4.78, 5) is 4.23. The van der Waals surface area contributed by atoms with Crippen LogP contribution in [0.4, 0.5) is 0 Å². The fourth-order valence-electron chi connectivity index (χ4n) is 2.27. The van der Waals surface area contributed by atoms with Crippen molar-refractivity contribution in [1.82, 2.24) is 25.4 Å². The highest BCUT2D eigenvalue weighted by Gasteiger charge is 2.06. The van der Waals surface area contributed by atoms with Gasteiger partial charge in [-0.05, 0) is 19.1 Å². The number of rotatable bonds is 8. The standard InChI is InChI=1S/C17H26N6O.HI/c1-4-16-22-21-13-23(16)11-10-19-17(18-3)20-12-14(2)24-15-8-6-5-7-9-15;/h5-9,13-14H,4,10-12H2,1-3H3,(H2,18,19,20);1H. The van der Waals surface area contributed by atoms with E-state index >= 15 is 0 Å². The zero-order chi connectivity index (χ0) is 17.2. The van der Waals surface area contributed by atoms with E-state index in [-0.39, 0.29) is 30.1 Å². The van der Waals surface area contributed by atoms with Crippen LogP contribution in [0.15, 0.2) is 41.7 Å². The normalized spacial score (nSPS) is 12.2. The fourth-order valence-corrected chi connectivity index (χ4v) is 2.27. The lowest BCUT2D eigenvalue weighted by molar-refractivity contribution is 0.224. The minimum atomic E-state index is 0. The molecule has 2 aromatic rings. The molecular formula is C17H27IN6O. The number of aliphatic imine (C=N–C) groups is 1. The van der Waals surface area contributed by atoms with Gasteiger partial charge in [-0.3, -0.25) is 4.99 Å². The molecule has 1 unspecified atom stereocenters. The minimum absolute atomic E-state index is 0. The molecule has 0 saturated heterocycles. The first-order valence-electron chi connectivity index (χ1n) is 8.25. The van der Waals surface area contributed by atoms with Gasteiger partial charge in [0.15, 0.2) is 5.96 Å². The van der Waals surface area contributed by atoms with Crippen molar-refractivity contribution >= 4 is 29.9 Å². The molecule has 0 aliphatic heterocycles. The van der Waals surface area contributed by atoms with Crippen molar-refractivity contribution in [2.45, 2.75) is 32.9 Å². The first-order chi connectivity index (χ1) is 11.7. The number of aromatic nitrogens is 3. The van der Waals surface area contributed by atoms with Gasteiger partial charge in [0.05, 0.1) is 6.54 Å². The maximum absolute atomic E-state index is 5.84. The molecule has 0 radical (unpaired) electrons. The van der Waals surface area contributed by atoms with E-state index in [1.165, 1.54) is 0 Å². The van der Waals surface area contributed by atoms with Gasteiger partial charge in [0.25, 0.3) is 0 Å². The lowest BCUT2D eigenvalue weighted by atomic mass is 10.3. The average Bonchev–Trinajstić information content (AvgIpc) is 3.06. The van der Waals surface area contributed by atoms with E-state index < -0.39 is 0 Å². The molecule has 0 bridgehead atoms. The van der Waals surface area contributed by atoms with E-state index in [9.17, 15) is 0 Å². The van der Waals surface area contributed by atoms with Gasteiger partial charge in [-0.25, -0.2) is 0 Å². The van der Waals surface area contributed by atoms with Gasteiger partial charge in [0.2, 0.25) is 0 Å². The number of nitrogens with one attached hydrogen (secondary N) is 2. The van der Waals surface area contributed by atoms with E-state index in [0.29, 0.717) is 6.54 Å². The van der Waals surface area contributed by atoms with Crippen LogP contribution < -0.4 is 15.4 Å². The molecular weight excluding hydrogens is 431 g/mol. The largest absolute Gasteiger partial charge is 0.489 e. The predicted octanol–water partition coefficient (Wildman–Crippen LogP) is 2.09. The maximum Gasteiger partial charge on any atom is 0.191 e. The molecule has 138 valence electrons. The topological polar surface area (TPSA) is 76.4 Å². The number of hydrogen-bond donors (Lipinski definition) is 2. The summed E-state index contributed by atoms with van der Waals surface area (Å²) in [7, 11) is 1.76. The van der Waals surface area contributed by atoms with Gasteiger partial charge >= 0.3 is 0 Å². The Morgan fingerprint density at radius 2 is 2.04 bits per heavy atom. The summed E-state index contributed by atoms with van der Waals surface area (Å²) < 4.78 is 7.88. The lowest BCUT2D eigenvalue weighted by Gasteiger charge is -2.18. The molecule has 2 rings (SSSR count). The van der Waals surface area contributed by atoms with Crippen LogP contribution in [0.5, 0.6) is 5.75 Å². The van der Waals surface area contributed by atoms with Crippen molar-refractivity contribution in [3.63, 3.8) is 0 Å². The number of guanidine groups is 1. The highest BCUT2D eigenvalue weighted by Crippen LogP contribution is 2.10. The van der Waals surface area contributed by atoms with E-state index in [4.69, 9.17) is 4.74 Å². The van der Waals surface area contributed by atoms with Crippen LogP contribution in [-0.4, -0.2) is 47.0 Å². The van der Waals surface area contributed by atoms with E-state index in [2.05, 4.69) is 32.7 Å². The second-order valence-corrected chi connectivity index (χ2v) is 5.42. The predicted molar refractivity (Wildman–Crippen MR) is 111 cm³/mol. The highest BCUT2D eigenvalue weighted by molar-refractivity contribution is 14.0. The van der Waals surface area contributed by atoms with E-state index in [1.807, 2.05) is 41.8 Å². The summed E-state index contributed by atoms with van der Waals surface area (Å²) >= 11 is 0. The quantitative estimate of drug-likeness (QED) is 0.360. The Hall–Kier alpha value is -1.84. The SMILES string of the molecule is CCc1nncn1CCNC(=NC)NCC(C)Oc1ccccc1.I. The molecule has 1 heterocycles. The summed E-state index contributed by atoms with van der Waals surface area (Å²) in [5.41, 5.74) is 0. The van der Waals surface area contributed by atoms with Gasteiger partial charge in [0, 0.05) is 26.6 Å². The maximum atomic E-state index is 5.84. The first kappa shape index (κ1) is 21.2. The van der Waals surface area contributed by atoms with Crippen molar-refractivity contribution in [2.24, 2.45) is 4.99 Å². The number of benzene rings is 1. The van der Waals surface area contributed by atoms with Crippen LogP contribution in [0.2, 0.25) is 0 Å². The zero-order valence-electron chi connectivity index (χ0n) is 15.0. The minimum Gasteiger partial charge on any atom is -0.489 e. The summed E-state index contributed by atoms with van der Waals surface area (Å²) in [6, 6.07) is 9.81. The molecule has 0 aliphatic rings. The van der Waals surface area contributed by atoms with Crippen molar-refractivity contribution in [2.75, 3.05) is 20.1 Å². The molecule has 0 saturated carbocycles. The van der Waals surface area contributed by atoms with Crippen LogP contribution in [0.3, 0.4) is 0 Å². The summed E-state index contributed by atoms with van der Waals surface area (Å²) in [5, 5.41) is 14.6. The fraction of sp³-hybridized carbons (Fsp3) is 0.471. The summed E-state index contributed by atoms with van der Waals surface area (Å²) in [6.07, 6.45) is 2.67. The number of nitrogens with zero attached hydrogens (tertiary/aromatic N) is 4. The number of ether oxygens (including phenoxy) is 1. The van der Waals surface area contributed by atoms with Crippen LogP contribution in [-0.2, 0) is 13.0 Å². The van der Waals surface area contributed by atoms with E-state index in [0.717, 1.165) is 37.0 Å². The van der Waals surface area contributed by atoms with Gasteiger partial charge in [0.1, 0.15) is 24.0 Å². The molecule has 0 aliphatic carbocycles. The Morgan fingerprint density at radius 3 is 2.72 bits per heavy atom. The van der Waals surface area contributed by atoms with Gasteiger partial charge in [-0.15, -0.1) is 34.2 Å². The molecule has 7 nitrogen and oxygen atoms in total. The van der Waals surface area contributed by atoms with Gasteiger partial charge in [-0.1, -0.05) is 25.1 Å². The first-order valence-corrected chi connectivity index (χ1v) is 8.25. The van der Waals surface area contributed by atoms with Crippen LogP contribution in [0, 0.1) is 0 Å². The average molecular weight is 458 g/mol. The Labute approximate surface area is 166 Å².